The van der Waals surface area contributed by atoms with Gasteiger partial charge in [-0.3, -0.25) is 9.59 Å². The molecule has 0 bridgehead atoms. The number of carbonyl (C=O) groups is 2. The maximum atomic E-state index is 12.3. The molecule has 0 aromatic rings. The molecule has 0 unspecified atom stereocenters. The summed E-state index contributed by atoms with van der Waals surface area (Å²) in [5.74, 6) is 1.26. The number of carbonyl (C=O) groups excluding carboxylic acids is 2. The van der Waals surface area contributed by atoms with Crippen LogP contribution in [-0.2, 0) is 9.59 Å². The smallest absolute Gasteiger partial charge is 0.190 e. The fourth-order valence-corrected chi connectivity index (χ4v) is 7.16. The first kappa shape index (κ1) is 17.4. The Bertz CT molecular complexity index is 652. The van der Waals surface area contributed by atoms with E-state index in [1.165, 1.54) is 5.57 Å². The van der Waals surface area contributed by atoms with E-state index in [0.717, 1.165) is 38.5 Å². The monoisotopic (exact) mass is 347 g/mol. The summed E-state index contributed by atoms with van der Waals surface area (Å²) >= 11 is 0. The van der Waals surface area contributed by atoms with E-state index in [2.05, 4.69) is 13.8 Å². The minimum absolute atomic E-state index is 0.111. The van der Waals surface area contributed by atoms with Crippen LogP contribution < -0.4 is 0 Å². The summed E-state index contributed by atoms with van der Waals surface area (Å²) in [6, 6.07) is 0. The van der Waals surface area contributed by atoms with Crippen molar-refractivity contribution in [3.05, 3.63) is 11.6 Å². The minimum atomic E-state index is -1.36. The van der Waals surface area contributed by atoms with Crippen molar-refractivity contribution in [2.75, 3.05) is 6.61 Å². The number of hydrogen-bond donors (Lipinski definition) is 2. The van der Waals surface area contributed by atoms with Gasteiger partial charge in [0.15, 0.2) is 11.6 Å². The molecule has 0 aromatic heterocycles. The van der Waals surface area contributed by atoms with Crippen molar-refractivity contribution in [2.24, 2.45) is 28.6 Å². The maximum Gasteiger partial charge on any atom is 0.190 e. The van der Waals surface area contributed by atoms with Gasteiger partial charge in [-0.25, -0.2) is 0 Å². The molecule has 4 aliphatic rings. The Morgan fingerprint density at radius 3 is 2.56 bits per heavy atom. The van der Waals surface area contributed by atoms with Crippen LogP contribution in [0.4, 0.5) is 0 Å². The Hall–Kier alpha value is -1.00. The molecule has 0 aliphatic heterocycles. The Morgan fingerprint density at radius 1 is 1.12 bits per heavy atom. The summed E-state index contributed by atoms with van der Waals surface area (Å²) in [5, 5.41) is 20.5. The normalized spacial score (nSPS) is 49.0. The number of allylic oxidation sites excluding steroid dienone is 1. The summed E-state index contributed by atoms with van der Waals surface area (Å²) in [6.45, 7) is 3.84. The van der Waals surface area contributed by atoms with Crippen LogP contribution in [-0.4, -0.2) is 34.0 Å². The van der Waals surface area contributed by atoms with Crippen LogP contribution in [0.5, 0.6) is 0 Å². The van der Waals surface area contributed by atoms with Gasteiger partial charge in [0.05, 0.1) is 0 Å². The van der Waals surface area contributed by atoms with Crippen molar-refractivity contribution in [3.8, 4) is 0 Å². The van der Waals surface area contributed by atoms with Gasteiger partial charge >= 0.3 is 0 Å². The van der Waals surface area contributed by atoms with Crippen LogP contribution in [0.3, 0.4) is 0 Å². The third kappa shape index (κ3) is 2.13. The third-order valence-electron chi connectivity index (χ3n) is 8.72. The van der Waals surface area contributed by atoms with Crippen LogP contribution in [0.15, 0.2) is 11.6 Å². The Kier molecular flexibility index (Phi) is 3.83. The molecule has 0 aromatic carbocycles. The number of aliphatic hydroxyl groups excluding tert-OH is 1. The average Bonchev–Trinajstić information content (AvgIpc) is 2.87. The summed E-state index contributed by atoms with van der Waals surface area (Å²) < 4.78 is 0. The van der Waals surface area contributed by atoms with Crippen molar-refractivity contribution in [1.29, 1.82) is 0 Å². The third-order valence-corrected chi connectivity index (χ3v) is 8.72. The first-order valence-corrected chi connectivity index (χ1v) is 9.87. The molecule has 4 nitrogen and oxygen atoms in total. The molecule has 4 rings (SSSR count). The highest BCUT2D eigenvalue weighted by Crippen LogP contribution is 2.67. The van der Waals surface area contributed by atoms with Gasteiger partial charge in [-0.15, -0.1) is 0 Å². The zero-order valence-electron chi connectivity index (χ0n) is 15.4. The predicted octanol–water partition coefficient (Wildman–Crippen LogP) is 2.81. The van der Waals surface area contributed by atoms with Crippen molar-refractivity contribution in [3.63, 3.8) is 0 Å². The highest BCUT2D eigenvalue weighted by Gasteiger charge is 2.65. The van der Waals surface area contributed by atoms with Crippen LogP contribution in [0.1, 0.15) is 65.2 Å². The molecule has 25 heavy (non-hydrogen) atoms. The maximum absolute atomic E-state index is 12.3. The molecular weight excluding hydrogens is 317 g/mol. The number of rotatable bonds is 2. The minimum Gasteiger partial charge on any atom is -0.388 e. The standard InChI is InChI=1S/C21H30O4/c1-19-8-5-14(23)11-13(19)3-4-15-16(19)6-9-20(2)17(15)7-10-21(20,25)18(24)12-22/h11,15-17,22,25H,3-10,12H2,1-2H3/t15-,16+,17+,19+,20+,21+/m1/s1/i12+1. The van der Waals surface area contributed by atoms with E-state index in [0.29, 0.717) is 30.6 Å². The number of ketones is 2. The van der Waals surface area contributed by atoms with E-state index >= 15 is 0 Å². The second-order valence-electron chi connectivity index (χ2n) is 9.41. The number of hydrogen-bond acceptors (Lipinski definition) is 4. The highest BCUT2D eigenvalue weighted by molar-refractivity contribution is 5.91. The number of Topliss-reactive ketones (excluding diaryl/α,β-unsaturated/α-hetero) is 1. The lowest BCUT2D eigenvalue weighted by Gasteiger charge is -2.58. The molecular formula is C21H30O4. The number of fused-ring (bicyclic) bond motifs is 5. The molecule has 3 fully saturated rings. The van der Waals surface area contributed by atoms with Crippen molar-refractivity contribution in [2.45, 2.75) is 70.8 Å². The molecule has 3 saturated carbocycles. The molecule has 0 amide bonds. The summed E-state index contributed by atoms with van der Waals surface area (Å²) in [7, 11) is 0. The molecule has 138 valence electrons. The summed E-state index contributed by atoms with van der Waals surface area (Å²) in [4.78, 5) is 24.2. The summed E-state index contributed by atoms with van der Waals surface area (Å²) in [6.07, 6.45) is 8.72. The van der Waals surface area contributed by atoms with Crippen molar-refractivity contribution in [1.82, 2.24) is 0 Å². The number of aliphatic hydroxyl groups is 2. The molecule has 4 heteroatoms. The average molecular weight is 347 g/mol. The zero-order valence-corrected chi connectivity index (χ0v) is 15.4. The van der Waals surface area contributed by atoms with Crippen LogP contribution >= 0.6 is 0 Å². The second kappa shape index (κ2) is 5.50. The fraction of sp³-hybridized carbons (Fsp3) is 0.810. The quantitative estimate of drug-likeness (QED) is 0.753. The van der Waals surface area contributed by atoms with E-state index in [4.69, 9.17) is 0 Å². The SMILES string of the molecule is C[C@]12CCC(=O)C=C1CC[C@@H]1[C@@H]2CC[C@@]2(C)[C@H]1CC[C@]2(O)C(=O)[13CH2]O. The van der Waals surface area contributed by atoms with Crippen LogP contribution in [0.2, 0.25) is 0 Å². The Balaban J connectivity index is 1.68. The zero-order chi connectivity index (χ0) is 18.0. The van der Waals surface area contributed by atoms with E-state index in [1.807, 2.05) is 6.08 Å². The molecule has 0 spiro atoms. The van der Waals surface area contributed by atoms with Gasteiger partial charge in [-0.05, 0) is 74.2 Å². The predicted molar refractivity (Wildman–Crippen MR) is 93.8 cm³/mol. The van der Waals surface area contributed by atoms with Gasteiger partial charge in [0.1, 0.15) is 12.2 Å². The lowest BCUT2D eigenvalue weighted by molar-refractivity contribution is -0.164. The van der Waals surface area contributed by atoms with E-state index in [9.17, 15) is 19.8 Å². The molecule has 0 heterocycles. The van der Waals surface area contributed by atoms with E-state index in [-0.39, 0.29) is 11.2 Å². The molecule has 0 radical (unpaired) electrons. The van der Waals surface area contributed by atoms with Crippen LogP contribution in [0.25, 0.3) is 0 Å². The topological polar surface area (TPSA) is 74.6 Å². The van der Waals surface area contributed by atoms with Gasteiger partial charge in [0, 0.05) is 11.8 Å². The first-order chi connectivity index (χ1) is 11.8. The van der Waals surface area contributed by atoms with Gasteiger partial charge in [0.25, 0.3) is 0 Å². The molecule has 2 N–H and O–H groups in total. The molecule has 6 atom stereocenters. The van der Waals surface area contributed by atoms with Gasteiger partial charge in [-0.1, -0.05) is 19.4 Å². The molecule has 0 saturated heterocycles. The van der Waals surface area contributed by atoms with Crippen molar-refractivity contribution < 1.29 is 19.8 Å². The van der Waals surface area contributed by atoms with Gasteiger partial charge < -0.3 is 10.2 Å². The van der Waals surface area contributed by atoms with Crippen LogP contribution in [0, 0.1) is 28.6 Å². The fourth-order valence-electron chi connectivity index (χ4n) is 7.16. The highest BCUT2D eigenvalue weighted by atomic mass is 16.4. The Morgan fingerprint density at radius 2 is 1.84 bits per heavy atom. The Labute approximate surface area is 149 Å². The largest absolute Gasteiger partial charge is 0.388 e. The first-order valence-electron chi connectivity index (χ1n) is 9.87. The molecule has 4 aliphatic carbocycles. The lowest BCUT2D eigenvalue weighted by atomic mass is 9.46. The lowest BCUT2D eigenvalue weighted by Crippen LogP contribution is -2.58. The van der Waals surface area contributed by atoms with E-state index < -0.39 is 23.4 Å². The second-order valence-corrected chi connectivity index (χ2v) is 9.41. The van der Waals surface area contributed by atoms with Gasteiger partial charge in [-0.2, -0.15) is 0 Å². The van der Waals surface area contributed by atoms with Crippen molar-refractivity contribution >= 4 is 11.6 Å². The van der Waals surface area contributed by atoms with E-state index in [1.54, 1.807) is 0 Å². The summed E-state index contributed by atoms with van der Waals surface area (Å²) in [5.41, 5.74) is -0.333. The van der Waals surface area contributed by atoms with Gasteiger partial charge in [0.2, 0.25) is 0 Å².